The molecule has 7 nitrogen and oxygen atoms in total. The summed E-state index contributed by atoms with van der Waals surface area (Å²) >= 11 is 0. The Balaban J connectivity index is 2.08. The van der Waals surface area contributed by atoms with E-state index >= 15 is 0 Å². The van der Waals surface area contributed by atoms with Gasteiger partial charge in [0, 0.05) is 26.4 Å². The molecule has 0 amide bonds. The van der Waals surface area contributed by atoms with E-state index in [1.165, 1.54) is 0 Å². The van der Waals surface area contributed by atoms with Crippen molar-refractivity contribution in [2.45, 2.75) is 32.8 Å². The van der Waals surface area contributed by atoms with Gasteiger partial charge in [0.1, 0.15) is 0 Å². The summed E-state index contributed by atoms with van der Waals surface area (Å²) in [5.41, 5.74) is 0. The van der Waals surface area contributed by atoms with Crippen LogP contribution in [0.15, 0.2) is 4.52 Å². The first kappa shape index (κ1) is 14.6. The quantitative estimate of drug-likeness (QED) is 0.492. The second-order valence-corrected chi connectivity index (χ2v) is 3.85. The van der Waals surface area contributed by atoms with E-state index < -0.39 is 6.10 Å². The van der Waals surface area contributed by atoms with Gasteiger partial charge in [0.2, 0.25) is 5.89 Å². The van der Waals surface area contributed by atoms with Crippen LogP contribution < -0.4 is 5.32 Å². The van der Waals surface area contributed by atoms with Crippen molar-refractivity contribution in [3.63, 3.8) is 0 Å². The minimum absolute atomic E-state index is 0.00214. The molecule has 0 aliphatic carbocycles. The first-order valence-electron chi connectivity index (χ1n) is 5.95. The molecular weight excluding hydrogens is 238 g/mol. The predicted octanol–water partition coefficient (Wildman–Crippen LogP) is -0.176. The van der Waals surface area contributed by atoms with Gasteiger partial charge in [-0.2, -0.15) is 4.98 Å². The van der Waals surface area contributed by atoms with E-state index in [0.29, 0.717) is 37.8 Å². The lowest BCUT2D eigenvalue weighted by atomic mass is 10.2. The number of rotatable bonds is 8. The number of carbonyl (C=O) groups excluding carboxylic acids is 1. The predicted molar refractivity (Wildman–Crippen MR) is 62.9 cm³/mol. The number of carbonyl (C=O) groups is 1. The van der Waals surface area contributed by atoms with Gasteiger partial charge in [-0.05, 0) is 6.92 Å². The van der Waals surface area contributed by atoms with Crippen molar-refractivity contribution >= 4 is 5.97 Å². The number of aliphatic hydroxyl groups excluding tert-OH is 1. The Kier molecular flexibility index (Phi) is 6.31. The molecule has 2 N–H and O–H groups in total. The van der Waals surface area contributed by atoms with Crippen LogP contribution in [0.1, 0.15) is 25.1 Å². The van der Waals surface area contributed by atoms with Crippen molar-refractivity contribution in [2.75, 3.05) is 19.7 Å². The lowest BCUT2D eigenvalue weighted by Crippen LogP contribution is -2.30. The second-order valence-electron chi connectivity index (χ2n) is 3.85. The van der Waals surface area contributed by atoms with Gasteiger partial charge < -0.3 is 19.7 Å². The molecule has 7 heteroatoms. The van der Waals surface area contributed by atoms with Crippen LogP contribution in [0, 0.1) is 6.92 Å². The van der Waals surface area contributed by atoms with E-state index in [1.54, 1.807) is 13.8 Å². The number of aryl methyl sites for hydroxylation is 1. The Morgan fingerprint density at radius 2 is 2.39 bits per heavy atom. The summed E-state index contributed by atoms with van der Waals surface area (Å²) in [6.45, 7) is 4.73. The number of nitrogens with one attached hydrogen (secondary N) is 1. The maximum absolute atomic E-state index is 11.1. The summed E-state index contributed by atoms with van der Waals surface area (Å²) in [5.74, 6) is 0.771. The Morgan fingerprint density at radius 1 is 1.61 bits per heavy atom. The molecule has 0 saturated carbocycles. The Bertz CT molecular complexity index is 367. The van der Waals surface area contributed by atoms with Crippen LogP contribution in [0.25, 0.3) is 0 Å². The van der Waals surface area contributed by atoms with Crippen LogP contribution in [0.2, 0.25) is 0 Å². The third kappa shape index (κ3) is 5.74. The van der Waals surface area contributed by atoms with Crippen LogP contribution >= 0.6 is 0 Å². The third-order valence-electron chi connectivity index (χ3n) is 2.18. The van der Waals surface area contributed by atoms with E-state index in [-0.39, 0.29) is 12.4 Å². The molecular formula is C11H19N3O4. The molecule has 1 atom stereocenters. The van der Waals surface area contributed by atoms with Crippen molar-refractivity contribution in [1.82, 2.24) is 15.5 Å². The molecule has 1 aromatic heterocycles. The number of ether oxygens (including phenoxy) is 1. The van der Waals surface area contributed by atoms with E-state index in [9.17, 15) is 9.90 Å². The summed E-state index contributed by atoms with van der Waals surface area (Å²) in [7, 11) is 0. The molecule has 0 aromatic carbocycles. The summed E-state index contributed by atoms with van der Waals surface area (Å²) in [4.78, 5) is 15.1. The fraction of sp³-hybridized carbons (Fsp3) is 0.727. The highest BCUT2D eigenvalue weighted by Gasteiger charge is 2.11. The van der Waals surface area contributed by atoms with E-state index in [0.717, 1.165) is 0 Å². The summed E-state index contributed by atoms with van der Waals surface area (Å²) < 4.78 is 9.55. The fourth-order valence-corrected chi connectivity index (χ4v) is 1.40. The highest BCUT2D eigenvalue weighted by Crippen LogP contribution is 1.96. The monoisotopic (exact) mass is 257 g/mol. The summed E-state index contributed by atoms with van der Waals surface area (Å²) in [6.07, 6.45) is -0.123. The lowest BCUT2D eigenvalue weighted by molar-refractivity contribution is -0.145. The number of esters is 1. The smallest absolute Gasteiger partial charge is 0.308 e. The maximum atomic E-state index is 11.1. The molecule has 0 fully saturated rings. The molecule has 0 bridgehead atoms. The molecule has 1 heterocycles. The van der Waals surface area contributed by atoms with Crippen molar-refractivity contribution in [3.05, 3.63) is 11.7 Å². The summed E-state index contributed by atoms with van der Waals surface area (Å²) in [6, 6.07) is 0. The minimum Gasteiger partial charge on any atom is -0.466 e. The lowest BCUT2D eigenvalue weighted by Gasteiger charge is -2.10. The van der Waals surface area contributed by atoms with E-state index in [1.807, 2.05) is 0 Å². The zero-order valence-corrected chi connectivity index (χ0v) is 10.7. The molecule has 18 heavy (non-hydrogen) atoms. The van der Waals surface area contributed by atoms with Gasteiger partial charge in [0.05, 0.1) is 19.1 Å². The first-order valence-corrected chi connectivity index (χ1v) is 5.95. The molecule has 0 radical (unpaired) electrons. The average molecular weight is 257 g/mol. The van der Waals surface area contributed by atoms with E-state index in [4.69, 9.17) is 9.26 Å². The second kappa shape index (κ2) is 7.78. The Hall–Kier alpha value is -1.47. The largest absolute Gasteiger partial charge is 0.466 e. The highest BCUT2D eigenvalue weighted by atomic mass is 16.5. The van der Waals surface area contributed by atoms with Crippen molar-refractivity contribution in [1.29, 1.82) is 0 Å². The number of aliphatic hydroxyl groups is 1. The number of hydrogen-bond acceptors (Lipinski definition) is 7. The summed E-state index contributed by atoms with van der Waals surface area (Å²) in [5, 5.41) is 16.3. The molecule has 0 aliphatic heterocycles. The van der Waals surface area contributed by atoms with Gasteiger partial charge in [-0.1, -0.05) is 5.16 Å². The standard InChI is InChI=1S/C11H19N3O4/c1-3-17-11(16)6-9(15)7-12-5-4-10-13-8(2)18-14-10/h9,12,15H,3-7H2,1-2H3. The minimum atomic E-state index is -0.740. The van der Waals surface area contributed by atoms with Crippen molar-refractivity contribution in [2.24, 2.45) is 0 Å². The molecule has 1 unspecified atom stereocenters. The zero-order valence-electron chi connectivity index (χ0n) is 10.7. The molecule has 0 saturated heterocycles. The topological polar surface area (TPSA) is 97.5 Å². The van der Waals surface area contributed by atoms with Gasteiger partial charge in [0.15, 0.2) is 5.82 Å². The van der Waals surface area contributed by atoms with Crippen LogP contribution in [-0.4, -0.2) is 47.0 Å². The fourth-order valence-electron chi connectivity index (χ4n) is 1.40. The van der Waals surface area contributed by atoms with Gasteiger partial charge in [0.25, 0.3) is 0 Å². The Labute approximate surface area is 106 Å². The molecule has 1 rings (SSSR count). The number of nitrogens with zero attached hydrogens (tertiary/aromatic N) is 2. The van der Waals surface area contributed by atoms with Crippen LogP contribution in [0.4, 0.5) is 0 Å². The van der Waals surface area contributed by atoms with Gasteiger partial charge in [-0.25, -0.2) is 0 Å². The third-order valence-corrected chi connectivity index (χ3v) is 2.18. The molecule has 102 valence electrons. The zero-order chi connectivity index (χ0) is 13.4. The average Bonchev–Trinajstić information content (AvgIpc) is 2.71. The van der Waals surface area contributed by atoms with Crippen LogP contribution in [-0.2, 0) is 16.0 Å². The first-order chi connectivity index (χ1) is 8.61. The number of hydrogen-bond donors (Lipinski definition) is 2. The van der Waals surface area contributed by atoms with Gasteiger partial charge >= 0.3 is 5.97 Å². The van der Waals surface area contributed by atoms with Crippen LogP contribution in [0.3, 0.4) is 0 Å². The maximum Gasteiger partial charge on any atom is 0.308 e. The Morgan fingerprint density at radius 3 is 3.00 bits per heavy atom. The SMILES string of the molecule is CCOC(=O)CC(O)CNCCc1noc(C)n1. The number of aromatic nitrogens is 2. The normalized spacial score (nSPS) is 12.4. The van der Waals surface area contributed by atoms with Crippen molar-refractivity contribution < 1.29 is 19.2 Å². The molecule has 0 aliphatic rings. The molecule has 1 aromatic rings. The highest BCUT2D eigenvalue weighted by molar-refractivity contribution is 5.69. The van der Waals surface area contributed by atoms with E-state index in [2.05, 4.69) is 15.5 Å². The molecule has 0 spiro atoms. The van der Waals surface area contributed by atoms with Gasteiger partial charge in [-0.3, -0.25) is 4.79 Å². The van der Waals surface area contributed by atoms with Crippen LogP contribution in [0.5, 0.6) is 0 Å². The van der Waals surface area contributed by atoms with Crippen molar-refractivity contribution in [3.8, 4) is 0 Å². The van der Waals surface area contributed by atoms with Gasteiger partial charge in [-0.15, -0.1) is 0 Å².